The Morgan fingerprint density at radius 3 is 2.25 bits per heavy atom. The van der Waals surface area contributed by atoms with Gasteiger partial charge in [0.25, 0.3) is 0 Å². The Bertz CT molecular complexity index is 1080. The number of aliphatic hydroxyl groups excluding tert-OH is 2. The van der Waals surface area contributed by atoms with Gasteiger partial charge in [0, 0.05) is 18.0 Å². The molecule has 3 N–H and O–H groups in total. The molecular formula is C24H22F2N2O4. The van der Waals surface area contributed by atoms with Crippen molar-refractivity contribution < 1.29 is 28.5 Å². The van der Waals surface area contributed by atoms with Crippen molar-refractivity contribution in [2.24, 2.45) is 0 Å². The maximum Gasteiger partial charge on any atom is 0.407 e. The predicted molar refractivity (Wildman–Crippen MR) is 113 cm³/mol. The molecule has 0 spiro atoms. The van der Waals surface area contributed by atoms with Crippen LogP contribution in [0.25, 0.3) is 11.1 Å². The molecule has 2 aromatic carbocycles. The summed E-state index contributed by atoms with van der Waals surface area (Å²) in [4.78, 5) is 15.1. The third-order valence-corrected chi connectivity index (χ3v) is 5.58. The summed E-state index contributed by atoms with van der Waals surface area (Å²) in [5, 5.41) is 22.6. The molecule has 1 aromatic heterocycles. The average molecular weight is 440 g/mol. The van der Waals surface area contributed by atoms with E-state index in [0.29, 0.717) is 0 Å². The number of hydrogen-bond donors (Lipinski definition) is 3. The van der Waals surface area contributed by atoms with Crippen LogP contribution in [0.1, 0.15) is 35.1 Å². The van der Waals surface area contributed by atoms with E-state index in [-0.39, 0.29) is 31.1 Å². The van der Waals surface area contributed by atoms with Crippen molar-refractivity contribution in [3.63, 3.8) is 0 Å². The van der Waals surface area contributed by atoms with Crippen LogP contribution in [0.4, 0.5) is 13.6 Å². The monoisotopic (exact) mass is 440 g/mol. The minimum Gasteiger partial charge on any atom is -0.449 e. The molecule has 0 fully saturated rings. The third kappa shape index (κ3) is 4.46. The number of hydrogen-bond acceptors (Lipinski definition) is 5. The zero-order chi connectivity index (χ0) is 22.7. The Balaban J connectivity index is 1.29. The summed E-state index contributed by atoms with van der Waals surface area (Å²) < 4.78 is 31.9. The summed E-state index contributed by atoms with van der Waals surface area (Å²) in [6.07, 6.45) is -3.72. The molecule has 2 atom stereocenters. The number of alkyl carbamates (subject to hydrolysis) is 1. The molecule has 1 aliphatic rings. The van der Waals surface area contributed by atoms with Gasteiger partial charge in [0.15, 0.2) is 0 Å². The molecule has 0 aliphatic heterocycles. The van der Waals surface area contributed by atoms with E-state index in [1.54, 1.807) is 0 Å². The van der Waals surface area contributed by atoms with Crippen LogP contribution in [0.3, 0.4) is 0 Å². The van der Waals surface area contributed by atoms with Gasteiger partial charge in [-0.3, -0.25) is 0 Å². The molecule has 166 valence electrons. The van der Waals surface area contributed by atoms with Crippen LogP contribution in [0.5, 0.6) is 0 Å². The fourth-order valence-corrected chi connectivity index (χ4v) is 3.98. The lowest BCUT2D eigenvalue weighted by molar-refractivity contribution is 0.0111. The second-order valence-corrected chi connectivity index (χ2v) is 7.57. The number of nitrogens with zero attached hydrogens (tertiary/aromatic N) is 1. The molecule has 0 bridgehead atoms. The molecule has 3 aromatic rings. The van der Waals surface area contributed by atoms with E-state index in [9.17, 15) is 23.8 Å². The number of amides is 1. The molecule has 1 aliphatic carbocycles. The number of aromatic nitrogens is 1. The van der Waals surface area contributed by atoms with Crippen molar-refractivity contribution >= 4 is 6.09 Å². The maximum absolute atomic E-state index is 13.7. The molecule has 0 saturated carbocycles. The van der Waals surface area contributed by atoms with Crippen molar-refractivity contribution in [3.05, 3.63) is 89.2 Å². The molecule has 6 nitrogen and oxygen atoms in total. The first-order chi connectivity index (χ1) is 15.5. The van der Waals surface area contributed by atoms with Gasteiger partial charge in [-0.15, -0.1) is 0 Å². The Labute approximate surface area is 183 Å². The highest BCUT2D eigenvalue weighted by Crippen LogP contribution is 2.44. The Hall–Kier alpha value is -3.36. The fraction of sp³-hybridized carbons (Fsp3) is 0.250. The smallest absolute Gasteiger partial charge is 0.407 e. The van der Waals surface area contributed by atoms with Crippen molar-refractivity contribution in [2.45, 2.75) is 24.5 Å². The van der Waals surface area contributed by atoms with Crippen molar-refractivity contribution in [1.29, 1.82) is 0 Å². The summed E-state index contributed by atoms with van der Waals surface area (Å²) in [6, 6.07) is 17.9. The van der Waals surface area contributed by atoms with Crippen molar-refractivity contribution in [3.8, 4) is 11.1 Å². The van der Waals surface area contributed by atoms with Gasteiger partial charge in [0.1, 0.15) is 12.7 Å². The van der Waals surface area contributed by atoms with Gasteiger partial charge in [0.2, 0.25) is 11.9 Å². The second-order valence-electron chi connectivity index (χ2n) is 7.57. The van der Waals surface area contributed by atoms with E-state index in [2.05, 4.69) is 10.3 Å². The first kappa shape index (κ1) is 21.9. The summed E-state index contributed by atoms with van der Waals surface area (Å²) in [6.45, 7) is 0.142. The largest absolute Gasteiger partial charge is 0.449 e. The number of fused-ring (bicyclic) bond motifs is 3. The lowest BCUT2D eigenvalue weighted by Gasteiger charge is -2.19. The van der Waals surface area contributed by atoms with Crippen LogP contribution in [0.15, 0.2) is 60.7 Å². The van der Waals surface area contributed by atoms with E-state index in [1.807, 2.05) is 48.5 Å². The van der Waals surface area contributed by atoms with Gasteiger partial charge in [-0.1, -0.05) is 48.5 Å². The summed E-state index contributed by atoms with van der Waals surface area (Å²) >= 11 is 0. The highest BCUT2D eigenvalue weighted by molar-refractivity contribution is 5.79. The van der Waals surface area contributed by atoms with E-state index >= 15 is 0 Å². The van der Waals surface area contributed by atoms with Crippen molar-refractivity contribution in [2.75, 3.05) is 13.2 Å². The van der Waals surface area contributed by atoms with Gasteiger partial charge in [-0.2, -0.15) is 13.8 Å². The minimum atomic E-state index is -1.60. The van der Waals surface area contributed by atoms with Gasteiger partial charge >= 0.3 is 6.09 Å². The van der Waals surface area contributed by atoms with Gasteiger partial charge in [-0.05, 0) is 40.8 Å². The van der Waals surface area contributed by atoms with Crippen LogP contribution < -0.4 is 5.32 Å². The first-order valence-electron chi connectivity index (χ1n) is 10.2. The van der Waals surface area contributed by atoms with Gasteiger partial charge in [-0.25, -0.2) is 4.79 Å². The molecular weight excluding hydrogens is 418 g/mol. The van der Waals surface area contributed by atoms with Crippen LogP contribution in [-0.4, -0.2) is 40.5 Å². The molecule has 1 heterocycles. The summed E-state index contributed by atoms with van der Waals surface area (Å²) in [5.41, 5.74) is 4.11. The molecule has 0 saturated heterocycles. The zero-order valence-electron chi connectivity index (χ0n) is 17.0. The topological polar surface area (TPSA) is 91.7 Å². The maximum atomic E-state index is 13.7. The van der Waals surface area contributed by atoms with Crippen LogP contribution in [0, 0.1) is 11.9 Å². The number of halogens is 2. The molecule has 32 heavy (non-hydrogen) atoms. The standard InChI is InChI=1S/C24H22F2N2O4/c25-21-10-9-18(23(26)28-21)22(30)20(29)11-12-27-24(31)32-13-19-16-7-3-1-5-14(16)15-6-2-4-8-17(15)19/h1-10,19-20,22,29-30H,11-13H2,(H,27,31). The van der Waals surface area contributed by atoms with E-state index < -0.39 is 30.2 Å². The number of pyridine rings is 1. The minimum absolute atomic E-state index is 0.00879. The van der Waals surface area contributed by atoms with Crippen LogP contribution in [0.2, 0.25) is 0 Å². The second kappa shape index (κ2) is 9.42. The molecule has 0 radical (unpaired) electrons. The van der Waals surface area contributed by atoms with Crippen molar-refractivity contribution in [1.82, 2.24) is 10.3 Å². The molecule has 4 rings (SSSR count). The number of carbonyl (C=O) groups excluding carboxylic acids is 1. The summed E-state index contributed by atoms with van der Waals surface area (Å²) in [7, 11) is 0. The fourth-order valence-electron chi connectivity index (χ4n) is 3.98. The summed E-state index contributed by atoms with van der Waals surface area (Å²) in [5.74, 6) is -2.29. The first-order valence-corrected chi connectivity index (χ1v) is 10.2. The van der Waals surface area contributed by atoms with Gasteiger partial charge in [0.05, 0.1) is 6.10 Å². The van der Waals surface area contributed by atoms with E-state index in [4.69, 9.17) is 4.74 Å². The van der Waals surface area contributed by atoms with Gasteiger partial charge < -0.3 is 20.3 Å². The molecule has 8 heteroatoms. The number of rotatable bonds is 7. The number of nitrogens with one attached hydrogen (secondary N) is 1. The zero-order valence-corrected chi connectivity index (χ0v) is 17.0. The quantitative estimate of drug-likeness (QED) is 0.488. The number of carbonyl (C=O) groups is 1. The lowest BCUT2D eigenvalue weighted by atomic mass is 9.98. The normalized spacial score (nSPS) is 14.4. The number of ether oxygens (including phenoxy) is 1. The highest BCUT2D eigenvalue weighted by atomic mass is 19.1. The predicted octanol–water partition coefficient (Wildman–Crippen LogP) is 3.68. The lowest BCUT2D eigenvalue weighted by Crippen LogP contribution is -2.31. The van der Waals surface area contributed by atoms with Crippen LogP contribution >= 0.6 is 0 Å². The van der Waals surface area contributed by atoms with E-state index in [0.717, 1.165) is 34.4 Å². The van der Waals surface area contributed by atoms with Crippen LogP contribution in [-0.2, 0) is 4.74 Å². The average Bonchev–Trinajstić information content (AvgIpc) is 3.11. The number of benzene rings is 2. The Morgan fingerprint density at radius 1 is 1.00 bits per heavy atom. The molecule has 1 amide bonds. The SMILES string of the molecule is O=C(NCCC(O)C(O)c1ccc(F)nc1F)OCC1c2ccccc2-c2ccccc21. The van der Waals surface area contributed by atoms with E-state index in [1.165, 1.54) is 0 Å². The molecule has 2 unspecified atom stereocenters. The Kier molecular flexibility index (Phi) is 6.43. The highest BCUT2D eigenvalue weighted by Gasteiger charge is 2.29. The Morgan fingerprint density at radius 2 is 1.62 bits per heavy atom. The third-order valence-electron chi connectivity index (χ3n) is 5.58. The number of aliphatic hydroxyl groups is 2.